The molecule has 0 fully saturated rings. The van der Waals surface area contributed by atoms with E-state index in [-0.39, 0.29) is 12.2 Å². The van der Waals surface area contributed by atoms with Gasteiger partial charge in [0.05, 0.1) is 17.0 Å². The van der Waals surface area contributed by atoms with Crippen molar-refractivity contribution in [3.63, 3.8) is 0 Å². The molecule has 1 aromatic heterocycles. The maximum absolute atomic E-state index is 13.4. The first-order chi connectivity index (χ1) is 10.0. The van der Waals surface area contributed by atoms with Crippen molar-refractivity contribution < 1.29 is 9.31 Å². The highest BCUT2D eigenvalue weighted by Crippen LogP contribution is 2.25. The highest BCUT2D eigenvalue weighted by Gasteiger charge is 2.15. The first-order valence-electron chi connectivity index (χ1n) is 6.22. The van der Waals surface area contributed by atoms with Crippen molar-refractivity contribution in [3.8, 4) is 0 Å². The van der Waals surface area contributed by atoms with Gasteiger partial charge in [-0.25, -0.2) is 4.39 Å². The van der Waals surface area contributed by atoms with Crippen LogP contribution < -0.4 is 0 Å². The topological polar surface area (TPSA) is 48.1 Å². The molecule has 0 spiro atoms. The van der Waals surface area contributed by atoms with Crippen LogP contribution in [-0.4, -0.2) is 9.49 Å². The zero-order valence-corrected chi connectivity index (χ0v) is 11.5. The molecule has 3 rings (SSSR count). The Labute approximate surface area is 124 Å². The Balaban J connectivity index is 2.08. The molecule has 3 aromatic rings. The second kappa shape index (κ2) is 5.18. The summed E-state index contributed by atoms with van der Waals surface area (Å²) in [5.74, 6) is -0.495. The van der Waals surface area contributed by atoms with E-state index in [0.29, 0.717) is 10.6 Å². The number of nitro benzene ring substituents is 1. The van der Waals surface area contributed by atoms with Crippen LogP contribution in [-0.2, 0) is 6.54 Å². The Morgan fingerprint density at radius 2 is 2.00 bits per heavy atom. The fourth-order valence-electron chi connectivity index (χ4n) is 2.34. The number of benzene rings is 2. The van der Waals surface area contributed by atoms with E-state index in [4.69, 9.17) is 11.6 Å². The van der Waals surface area contributed by atoms with Crippen molar-refractivity contribution in [3.05, 3.63) is 75.2 Å². The summed E-state index contributed by atoms with van der Waals surface area (Å²) in [6.07, 6.45) is 1.80. The fraction of sp³-hybridized carbons (Fsp3) is 0.0667. The maximum Gasteiger partial charge on any atom is 0.274 e. The number of hydrogen-bond acceptors (Lipinski definition) is 2. The molecule has 0 N–H and O–H groups in total. The zero-order chi connectivity index (χ0) is 15.0. The SMILES string of the molecule is O=[N+]([O-])c1ccc(F)cc1Cn1ccc2ccc(Cl)cc21. The lowest BCUT2D eigenvalue weighted by molar-refractivity contribution is -0.385. The van der Waals surface area contributed by atoms with E-state index in [1.165, 1.54) is 12.1 Å². The smallest absolute Gasteiger partial charge is 0.274 e. The van der Waals surface area contributed by atoms with Gasteiger partial charge >= 0.3 is 0 Å². The van der Waals surface area contributed by atoms with Gasteiger partial charge in [-0.2, -0.15) is 0 Å². The van der Waals surface area contributed by atoms with Gasteiger partial charge in [-0.1, -0.05) is 17.7 Å². The Kier molecular flexibility index (Phi) is 3.35. The molecule has 0 aliphatic heterocycles. The largest absolute Gasteiger partial charge is 0.343 e. The van der Waals surface area contributed by atoms with Crippen LogP contribution >= 0.6 is 11.6 Å². The van der Waals surface area contributed by atoms with Gasteiger partial charge in [-0.15, -0.1) is 0 Å². The monoisotopic (exact) mass is 304 g/mol. The van der Waals surface area contributed by atoms with Gasteiger partial charge < -0.3 is 4.57 Å². The van der Waals surface area contributed by atoms with Crippen LogP contribution in [0.1, 0.15) is 5.56 Å². The molecule has 0 aliphatic carbocycles. The van der Waals surface area contributed by atoms with Crippen molar-refractivity contribution in [2.24, 2.45) is 0 Å². The predicted octanol–water partition coefficient (Wildman–Crippen LogP) is 4.39. The van der Waals surface area contributed by atoms with Crippen molar-refractivity contribution in [2.75, 3.05) is 0 Å². The van der Waals surface area contributed by atoms with Gasteiger partial charge in [0.15, 0.2) is 0 Å². The molecular formula is C15H10ClFN2O2. The van der Waals surface area contributed by atoms with Gasteiger partial charge in [0, 0.05) is 22.8 Å². The Morgan fingerprint density at radius 3 is 2.76 bits per heavy atom. The van der Waals surface area contributed by atoms with Crippen LogP contribution in [0.4, 0.5) is 10.1 Å². The first kappa shape index (κ1) is 13.6. The summed E-state index contributed by atoms with van der Waals surface area (Å²) in [7, 11) is 0. The quantitative estimate of drug-likeness (QED) is 0.532. The summed E-state index contributed by atoms with van der Waals surface area (Å²) in [5, 5.41) is 12.6. The molecule has 6 heteroatoms. The molecule has 0 amide bonds. The molecule has 106 valence electrons. The number of rotatable bonds is 3. The molecule has 0 unspecified atom stereocenters. The van der Waals surface area contributed by atoms with Crippen LogP contribution in [0.25, 0.3) is 10.9 Å². The van der Waals surface area contributed by atoms with Crippen LogP contribution in [0.15, 0.2) is 48.7 Å². The highest BCUT2D eigenvalue weighted by molar-refractivity contribution is 6.31. The molecule has 0 saturated heterocycles. The minimum Gasteiger partial charge on any atom is -0.343 e. The summed E-state index contributed by atoms with van der Waals surface area (Å²) in [4.78, 5) is 10.5. The van der Waals surface area contributed by atoms with Gasteiger partial charge in [-0.3, -0.25) is 10.1 Å². The number of aromatic nitrogens is 1. The van der Waals surface area contributed by atoms with Crippen LogP contribution in [0.2, 0.25) is 5.02 Å². The summed E-state index contributed by atoms with van der Waals surface area (Å²) < 4.78 is 15.2. The maximum atomic E-state index is 13.4. The molecular weight excluding hydrogens is 295 g/mol. The molecule has 0 bridgehead atoms. The summed E-state index contributed by atoms with van der Waals surface area (Å²) >= 11 is 5.98. The van der Waals surface area contributed by atoms with E-state index in [9.17, 15) is 14.5 Å². The van der Waals surface area contributed by atoms with Crippen molar-refractivity contribution in [1.29, 1.82) is 0 Å². The van der Waals surface area contributed by atoms with E-state index >= 15 is 0 Å². The van der Waals surface area contributed by atoms with Crippen molar-refractivity contribution in [1.82, 2.24) is 4.57 Å². The highest BCUT2D eigenvalue weighted by atomic mass is 35.5. The molecule has 0 aliphatic rings. The standard InChI is InChI=1S/C15H10ClFN2O2/c16-12-2-1-10-5-6-18(15(10)8-12)9-11-7-13(17)3-4-14(11)19(20)21/h1-8H,9H2. The van der Waals surface area contributed by atoms with E-state index < -0.39 is 10.7 Å². The van der Waals surface area contributed by atoms with Crippen LogP contribution in [0.5, 0.6) is 0 Å². The summed E-state index contributed by atoms with van der Waals surface area (Å²) in [5.41, 5.74) is 1.07. The molecule has 2 aromatic carbocycles. The van der Waals surface area contributed by atoms with E-state index in [1.807, 2.05) is 16.7 Å². The molecule has 0 saturated carbocycles. The third-order valence-corrected chi connectivity index (χ3v) is 3.55. The van der Waals surface area contributed by atoms with Crippen LogP contribution in [0.3, 0.4) is 0 Å². The minimum absolute atomic E-state index is 0.0970. The Bertz CT molecular complexity index is 845. The molecule has 0 radical (unpaired) electrons. The number of fused-ring (bicyclic) bond motifs is 1. The Morgan fingerprint density at radius 1 is 1.19 bits per heavy atom. The number of hydrogen-bond donors (Lipinski definition) is 0. The van der Waals surface area contributed by atoms with Gasteiger partial charge in [0.1, 0.15) is 5.82 Å². The average molecular weight is 305 g/mol. The van der Waals surface area contributed by atoms with Gasteiger partial charge in [0.25, 0.3) is 5.69 Å². The second-order valence-corrected chi connectivity index (χ2v) is 5.11. The third-order valence-electron chi connectivity index (χ3n) is 3.31. The van der Waals surface area contributed by atoms with E-state index in [2.05, 4.69) is 0 Å². The molecule has 21 heavy (non-hydrogen) atoms. The second-order valence-electron chi connectivity index (χ2n) is 4.68. The molecule has 1 heterocycles. The number of halogens is 2. The van der Waals surface area contributed by atoms with Gasteiger partial charge in [-0.05, 0) is 35.7 Å². The van der Waals surface area contributed by atoms with E-state index in [0.717, 1.165) is 17.0 Å². The zero-order valence-electron chi connectivity index (χ0n) is 10.8. The normalized spacial score (nSPS) is 11.0. The number of nitrogens with zero attached hydrogens (tertiary/aromatic N) is 2. The summed E-state index contributed by atoms with van der Waals surface area (Å²) in [6.45, 7) is 0.206. The van der Waals surface area contributed by atoms with Crippen LogP contribution in [0, 0.1) is 15.9 Å². The summed E-state index contributed by atoms with van der Waals surface area (Å²) in [6, 6.07) is 10.8. The van der Waals surface area contributed by atoms with E-state index in [1.54, 1.807) is 18.3 Å². The fourth-order valence-corrected chi connectivity index (χ4v) is 2.50. The average Bonchev–Trinajstić information content (AvgIpc) is 2.81. The third kappa shape index (κ3) is 2.60. The predicted molar refractivity (Wildman–Crippen MR) is 79.1 cm³/mol. The lowest BCUT2D eigenvalue weighted by atomic mass is 10.1. The lowest BCUT2D eigenvalue weighted by Crippen LogP contribution is -2.02. The van der Waals surface area contributed by atoms with Crippen molar-refractivity contribution >= 4 is 28.2 Å². The Hall–Kier alpha value is -2.40. The number of nitro groups is 1. The van der Waals surface area contributed by atoms with Gasteiger partial charge in [0.2, 0.25) is 0 Å². The first-order valence-corrected chi connectivity index (χ1v) is 6.59. The molecule has 0 atom stereocenters. The van der Waals surface area contributed by atoms with Crippen molar-refractivity contribution in [2.45, 2.75) is 6.54 Å². The lowest BCUT2D eigenvalue weighted by Gasteiger charge is -2.07. The molecule has 4 nitrogen and oxygen atoms in total. The minimum atomic E-state index is -0.507.